The van der Waals surface area contributed by atoms with Crippen molar-refractivity contribution in [3.63, 3.8) is 0 Å². The summed E-state index contributed by atoms with van der Waals surface area (Å²) in [6, 6.07) is 0. The first-order valence-electron chi connectivity index (χ1n) is 5.47. The van der Waals surface area contributed by atoms with Gasteiger partial charge < -0.3 is 10.2 Å². The first kappa shape index (κ1) is 9.71. The summed E-state index contributed by atoms with van der Waals surface area (Å²) >= 11 is 0. The van der Waals surface area contributed by atoms with Gasteiger partial charge in [-0.3, -0.25) is 0 Å². The molecular weight excluding hydrogens is 176 g/mol. The van der Waals surface area contributed by atoms with Gasteiger partial charge in [-0.25, -0.2) is 4.98 Å². The van der Waals surface area contributed by atoms with Gasteiger partial charge in [0.25, 0.3) is 0 Å². The maximum absolute atomic E-state index is 5.64. The van der Waals surface area contributed by atoms with E-state index < -0.39 is 0 Å². The minimum absolute atomic E-state index is 0.479. The number of rotatable bonds is 2. The number of oxazole rings is 1. The van der Waals surface area contributed by atoms with Crippen LogP contribution in [0.1, 0.15) is 55.4 Å². The molecule has 3 nitrogen and oxygen atoms in total. The zero-order valence-corrected chi connectivity index (χ0v) is 8.75. The topological polar surface area (TPSA) is 52.0 Å². The van der Waals surface area contributed by atoms with E-state index in [-0.39, 0.29) is 0 Å². The Morgan fingerprint density at radius 2 is 2.07 bits per heavy atom. The van der Waals surface area contributed by atoms with Crippen LogP contribution in [-0.2, 0) is 6.54 Å². The first-order valence-corrected chi connectivity index (χ1v) is 5.47. The van der Waals surface area contributed by atoms with Gasteiger partial charge in [0.15, 0.2) is 5.89 Å². The second kappa shape index (κ2) is 4.13. The third-order valence-corrected chi connectivity index (χ3v) is 3.01. The SMILES string of the molecule is Cc1nc(C2CCCCC2)c(CN)o1. The molecule has 1 fully saturated rings. The zero-order chi connectivity index (χ0) is 9.97. The summed E-state index contributed by atoms with van der Waals surface area (Å²) in [6.07, 6.45) is 6.50. The van der Waals surface area contributed by atoms with E-state index in [0.29, 0.717) is 12.5 Å². The summed E-state index contributed by atoms with van der Waals surface area (Å²) < 4.78 is 5.48. The van der Waals surface area contributed by atoms with Crippen LogP contribution >= 0.6 is 0 Å². The summed E-state index contributed by atoms with van der Waals surface area (Å²) in [4.78, 5) is 4.46. The maximum Gasteiger partial charge on any atom is 0.191 e. The monoisotopic (exact) mass is 194 g/mol. The van der Waals surface area contributed by atoms with Gasteiger partial charge in [0.1, 0.15) is 5.76 Å². The second-order valence-electron chi connectivity index (χ2n) is 4.08. The number of nitrogens with two attached hydrogens (primary N) is 1. The van der Waals surface area contributed by atoms with Gasteiger partial charge in [0.2, 0.25) is 0 Å². The number of nitrogens with zero attached hydrogens (tertiary/aromatic N) is 1. The van der Waals surface area contributed by atoms with Crippen LogP contribution in [0.4, 0.5) is 0 Å². The van der Waals surface area contributed by atoms with Gasteiger partial charge in [0.05, 0.1) is 12.2 Å². The van der Waals surface area contributed by atoms with E-state index in [9.17, 15) is 0 Å². The Bertz CT molecular complexity index is 300. The Morgan fingerprint density at radius 1 is 1.36 bits per heavy atom. The number of hydrogen-bond donors (Lipinski definition) is 1. The van der Waals surface area contributed by atoms with Crippen molar-refractivity contribution in [1.82, 2.24) is 4.98 Å². The van der Waals surface area contributed by atoms with E-state index in [0.717, 1.165) is 17.3 Å². The molecule has 0 saturated heterocycles. The highest BCUT2D eigenvalue weighted by Gasteiger charge is 2.22. The van der Waals surface area contributed by atoms with E-state index >= 15 is 0 Å². The van der Waals surface area contributed by atoms with E-state index in [2.05, 4.69) is 4.98 Å². The molecule has 0 atom stereocenters. The Morgan fingerprint density at radius 3 is 2.71 bits per heavy atom. The van der Waals surface area contributed by atoms with Crippen molar-refractivity contribution in [3.8, 4) is 0 Å². The first-order chi connectivity index (χ1) is 6.81. The molecule has 14 heavy (non-hydrogen) atoms. The van der Waals surface area contributed by atoms with Gasteiger partial charge in [-0.1, -0.05) is 19.3 Å². The highest BCUT2D eigenvalue weighted by Crippen LogP contribution is 2.33. The maximum atomic E-state index is 5.64. The molecule has 1 saturated carbocycles. The molecule has 0 radical (unpaired) electrons. The minimum Gasteiger partial charge on any atom is -0.444 e. The van der Waals surface area contributed by atoms with Crippen molar-refractivity contribution in [2.24, 2.45) is 5.73 Å². The van der Waals surface area contributed by atoms with Crippen molar-refractivity contribution in [1.29, 1.82) is 0 Å². The predicted octanol–water partition coefficient (Wildman–Crippen LogP) is 2.49. The van der Waals surface area contributed by atoms with Crippen LogP contribution in [0.5, 0.6) is 0 Å². The summed E-state index contributed by atoms with van der Waals surface area (Å²) in [7, 11) is 0. The molecule has 78 valence electrons. The summed E-state index contributed by atoms with van der Waals surface area (Å²) in [5, 5.41) is 0. The molecule has 2 rings (SSSR count). The van der Waals surface area contributed by atoms with Crippen LogP contribution < -0.4 is 5.73 Å². The van der Waals surface area contributed by atoms with Crippen LogP contribution in [-0.4, -0.2) is 4.98 Å². The number of aryl methyl sites for hydroxylation is 1. The molecule has 1 heterocycles. The predicted molar refractivity (Wildman–Crippen MR) is 55.0 cm³/mol. The van der Waals surface area contributed by atoms with Gasteiger partial charge in [0, 0.05) is 12.8 Å². The standard InChI is InChI=1S/C11H18N2O/c1-8-13-11(10(7-12)14-8)9-5-3-2-4-6-9/h9H,2-7,12H2,1H3. The molecule has 1 aromatic heterocycles. The molecule has 0 aromatic carbocycles. The minimum atomic E-state index is 0.479. The summed E-state index contributed by atoms with van der Waals surface area (Å²) in [6.45, 7) is 2.37. The Hall–Kier alpha value is -0.830. The lowest BCUT2D eigenvalue weighted by atomic mass is 9.86. The largest absolute Gasteiger partial charge is 0.444 e. The zero-order valence-electron chi connectivity index (χ0n) is 8.75. The second-order valence-corrected chi connectivity index (χ2v) is 4.08. The summed E-state index contributed by atoms with van der Waals surface area (Å²) in [5.41, 5.74) is 6.77. The van der Waals surface area contributed by atoms with Crippen molar-refractivity contribution in [2.75, 3.05) is 0 Å². The van der Waals surface area contributed by atoms with E-state index in [4.69, 9.17) is 10.2 Å². The van der Waals surface area contributed by atoms with Crippen molar-refractivity contribution < 1.29 is 4.42 Å². The third kappa shape index (κ3) is 1.82. The molecule has 0 aliphatic heterocycles. The van der Waals surface area contributed by atoms with Crippen LogP contribution in [0.25, 0.3) is 0 Å². The summed E-state index contributed by atoms with van der Waals surface area (Å²) in [5.74, 6) is 2.25. The molecule has 0 spiro atoms. The lowest BCUT2D eigenvalue weighted by Gasteiger charge is -2.19. The number of aromatic nitrogens is 1. The number of hydrogen-bond acceptors (Lipinski definition) is 3. The molecule has 0 amide bonds. The normalized spacial score (nSPS) is 18.7. The van der Waals surface area contributed by atoms with Gasteiger partial charge in [-0.15, -0.1) is 0 Å². The molecule has 1 aliphatic rings. The van der Waals surface area contributed by atoms with Crippen molar-refractivity contribution >= 4 is 0 Å². The molecule has 1 aliphatic carbocycles. The molecular formula is C11H18N2O. The van der Waals surface area contributed by atoms with Crippen LogP contribution in [0, 0.1) is 6.92 Å². The van der Waals surface area contributed by atoms with E-state index in [1.54, 1.807) is 0 Å². The Labute approximate surface area is 84.7 Å². The average molecular weight is 194 g/mol. The fourth-order valence-electron chi connectivity index (χ4n) is 2.33. The lowest BCUT2D eigenvalue weighted by molar-refractivity contribution is 0.425. The highest BCUT2D eigenvalue weighted by molar-refractivity contribution is 5.15. The van der Waals surface area contributed by atoms with E-state index in [1.165, 1.54) is 32.1 Å². The van der Waals surface area contributed by atoms with Crippen LogP contribution in [0.3, 0.4) is 0 Å². The van der Waals surface area contributed by atoms with Crippen LogP contribution in [0.2, 0.25) is 0 Å². The molecule has 1 aromatic rings. The highest BCUT2D eigenvalue weighted by atomic mass is 16.4. The molecule has 3 heteroatoms. The Kier molecular flexibility index (Phi) is 2.87. The van der Waals surface area contributed by atoms with Crippen molar-refractivity contribution in [3.05, 3.63) is 17.3 Å². The Balaban J connectivity index is 2.20. The van der Waals surface area contributed by atoms with Crippen LogP contribution in [0.15, 0.2) is 4.42 Å². The van der Waals surface area contributed by atoms with Gasteiger partial charge in [-0.2, -0.15) is 0 Å². The van der Waals surface area contributed by atoms with Gasteiger partial charge in [-0.05, 0) is 12.8 Å². The fourth-order valence-corrected chi connectivity index (χ4v) is 2.33. The van der Waals surface area contributed by atoms with Crippen molar-refractivity contribution in [2.45, 2.75) is 51.5 Å². The molecule has 0 unspecified atom stereocenters. The van der Waals surface area contributed by atoms with Gasteiger partial charge >= 0.3 is 0 Å². The lowest BCUT2D eigenvalue weighted by Crippen LogP contribution is -2.09. The average Bonchev–Trinajstić information content (AvgIpc) is 2.61. The molecule has 2 N–H and O–H groups in total. The fraction of sp³-hybridized carbons (Fsp3) is 0.727. The molecule has 0 bridgehead atoms. The quantitative estimate of drug-likeness (QED) is 0.787. The van der Waals surface area contributed by atoms with E-state index in [1.807, 2.05) is 6.92 Å². The third-order valence-electron chi connectivity index (χ3n) is 3.01. The smallest absolute Gasteiger partial charge is 0.191 e.